The first-order valence-electron chi connectivity index (χ1n) is 5.95. The van der Waals surface area contributed by atoms with E-state index in [-0.39, 0.29) is 5.54 Å². The summed E-state index contributed by atoms with van der Waals surface area (Å²) in [6.45, 7) is 3.50. The highest BCUT2D eigenvalue weighted by Gasteiger charge is 2.70. The number of hydrogen-bond acceptors (Lipinski definition) is 3. The van der Waals surface area contributed by atoms with E-state index in [2.05, 4.69) is 4.90 Å². The van der Waals surface area contributed by atoms with Crippen molar-refractivity contribution in [3.8, 4) is 0 Å². The van der Waals surface area contributed by atoms with Crippen LogP contribution in [0.5, 0.6) is 0 Å². The summed E-state index contributed by atoms with van der Waals surface area (Å²) >= 11 is 0. The maximum Gasteiger partial charge on any atom is 0.112 e. The van der Waals surface area contributed by atoms with Crippen LogP contribution in [0, 0.1) is 17.2 Å². The van der Waals surface area contributed by atoms with Crippen molar-refractivity contribution in [3.05, 3.63) is 0 Å². The van der Waals surface area contributed by atoms with Gasteiger partial charge >= 0.3 is 0 Å². The van der Waals surface area contributed by atoms with Crippen LogP contribution in [0.1, 0.15) is 19.3 Å². The van der Waals surface area contributed by atoms with Gasteiger partial charge in [0.05, 0.1) is 18.8 Å². The maximum absolute atomic E-state index is 7.89. The first kappa shape index (κ1) is 9.60. The molecule has 0 aromatic carbocycles. The molecule has 2 aliphatic carbocycles. The minimum Gasteiger partial charge on any atom is -0.386 e. The van der Waals surface area contributed by atoms with Crippen LogP contribution < -0.4 is 5.73 Å². The summed E-state index contributed by atoms with van der Waals surface area (Å²) in [5.41, 5.74) is 5.80. The number of rotatable bonds is 2. The summed E-state index contributed by atoms with van der Waals surface area (Å²) in [6.07, 6.45) is 3.86. The molecule has 1 heterocycles. The zero-order valence-corrected chi connectivity index (χ0v) is 9.04. The SMILES string of the molecule is N=C(N)C1(N2CCOCC2)[C@@H]2CCC[C@@H]21. The number of fused-ring (bicyclic) bond motifs is 1. The second kappa shape index (κ2) is 3.19. The maximum atomic E-state index is 7.89. The second-order valence-corrected chi connectivity index (χ2v) is 4.98. The molecular weight excluding hydrogens is 190 g/mol. The van der Waals surface area contributed by atoms with Crippen LogP contribution in [-0.4, -0.2) is 42.6 Å². The van der Waals surface area contributed by atoms with Crippen LogP contribution in [0.15, 0.2) is 0 Å². The fourth-order valence-electron chi connectivity index (χ4n) is 3.89. The van der Waals surface area contributed by atoms with Crippen molar-refractivity contribution in [2.24, 2.45) is 17.6 Å². The molecule has 84 valence electrons. The summed E-state index contributed by atoms with van der Waals surface area (Å²) < 4.78 is 5.37. The number of amidine groups is 1. The standard InChI is InChI=1S/C11H19N3O/c12-10(13)11(8-2-1-3-9(8)11)14-4-6-15-7-5-14/h8-9H,1-7H2,(H3,12,13)/t8-,9+,11?. The fourth-order valence-corrected chi connectivity index (χ4v) is 3.89. The van der Waals surface area contributed by atoms with Gasteiger partial charge in [0.25, 0.3) is 0 Å². The number of nitrogens with zero attached hydrogens (tertiary/aromatic N) is 1. The van der Waals surface area contributed by atoms with Crippen molar-refractivity contribution in [1.82, 2.24) is 4.90 Å². The lowest BCUT2D eigenvalue weighted by Crippen LogP contribution is -2.54. The van der Waals surface area contributed by atoms with Crippen LogP contribution in [0.3, 0.4) is 0 Å². The molecule has 1 unspecified atom stereocenters. The molecule has 1 saturated heterocycles. The van der Waals surface area contributed by atoms with Crippen molar-refractivity contribution in [3.63, 3.8) is 0 Å². The predicted molar refractivity (Wildman–Crippen MR) is 57.9 cm³/mol. The molecule has 3 atom stereocenters. The zero-order valence-electron chi connectivity index (χ0n) is 9.04. The Balaban J connectivity index is 1.83. The van der Waals surface area contributed by atoms with Gasteiger partial charge in [-0.05, 0) is 24.7 Å². The molecule has 3 rings (SSSR count). The Labute approximate surface area is 90.3 Å². The van der Waals surface area contributed by atoms with Crippen molar-refractivity contribution in [1.29, 1.82) is 5.41 Å². The van der Waals surface area contributed by atoms with Crippen molar-refractivity contribution >= 4 is 5.84 Å². The molecule has 0 spiro atoms. The third-order valence-electron chi connectivity index (χ3n) is 4.50. The van der Waals surface area contributed by atoms with E-state index in [0.717, 1.165) is 26.3 Å². The van der Waals surface area contributed by atoms with Crippen molar-refractivity contribution < 1.29 is 4.74 Å². The molecule has 3 N–H and O–H groups in total. The predicted octanol–water partition coefficient (Wildman–Crippen LogP) is 0.423. The number of ether oxygens (including phenoxy) is 1. The average molecular weight is 209 g/mol. The molecular formula is C11H19N3O. The van der Waals surface area contributed by atoms with Gasteiger partial charge < -0.3 is 10.5 Å². The first-order chi connectivity index (χ1) is 7.28. The lowest BCUT2D eigenvalue weighted by molar-refractivity contribution is 0.0160. The van der Waals surface area contributed by atoms with Gasteiger partial charge in [-0.15, -0.1) is 0 Å². The smallest absolute Gasteiger partial charge is 0.112 e. The highest BCUT2D eigenvalue weighted by Crippen LogP contribution is 2.63. The van der Waals surface area contributed by atoms with Gasteiger partial charge in [-0.3, -0.25) is 10.3 Å². The Bertz CT molecular complexity index is 276. The molecule has 0 radical (unpaired) electrons. The Morgan fingerprint density at radius 3 is 2.40 bits per heavy atom. The summed E-state index contributed by atoms with van der Waals surface area (Å²) in [5.74, 6) is 1.75. The first-order valence-corrected chi connectivity index (χ1v) is 5.95. The number of morpholine rings is 1. The third kappa shape index (κ3) is 1.12. The van der Waals surface area contributed by atoms with Crippen molar-refractivity contribution in [2.75, 3.05) is 26.3 Å². The van der Waals surface area contributed by atoms with Crippen LogP contribution in [0.25, 0.3) is 0 Å². The minimum absolute atomic E-state index is 0.0535. The monoisotopic (exact) mass is 209 g/mol. The zero-order chi connectivity index (χ0) is 10.5. The summed E-state index contributed by atoms with van der Waals surface area (Å²) in [6, 6.07) is 0. The van der Waals surface area contributed by atoms with Gasteiger partial charge in [-0.25, -0.2) is 0 Å². The van der Waals surface area contributed by atoms with E-state index in [0.29, 0.717) is 17.7 Å². The minimum atomic E-state index is -0.0535. The van der Waals surface area contributed by atoms with Gasteiger partial charge in [0.15, 0.2) is 0 Å². The molecule has 0 bridgehead atoms. The molecule has 4 heteroatoms. The van der Waals surface area contributed by atoms with Gasteiger partial charge in [0.1, 0.15) is 5.84 Å². The van der Waals surface area contributed by atoms with E-state index >= 15 is 0 Å². The van der Waals surface area contributed by atoms with E-state index in [1.54, 1.807) is 0 Å². The number of nitrogens with one attached hydrogen (secondary N) is 1. The molecule has 3 aliphatic rings. The van der Waals surface area contributed by atoms with Gasteiger partial charge in [-0.1, -0.05) is 6.42 Å². The lowest BCUT2D eigenvalue weighted by atomic mass is 10.0. The van der Waals surface area contributed by atoms with Crippen LogP contribution >= 0.6 is 0 Å². The summed E-state index contributed by atoms with van der Waals surface area (Å²) in [5, 5.41) is 7.89. The quantitative estimate of drug-likeness (QED) is 0.512. The second-order valence-electron chi connectivity index (χ2n) is 4.98. The van der Waals surface area contributed by atoms with E-state index in [4.69, 9.17) is 15.9 Å². The molecule has 4 nitrogen and oxygen atoms in total. The van der Waals surface area contributed by atoms with E-state index < -0.39 is 0 Å². The number of nitrogens with two attached hydrogens (primary N) is 1. The molecule has 2 saturated carbocycles. The molecule has 1 aliphatic heterocycles. The Morgan fingerprint density at radius 1 is 1.27 bits per heavy atom. The summed E-state index contributed by atoms with van der Waals surface area (Å²) in [4.78, 5) is 2.41. The molecule has 0 amide bonds. The Kier molecular flexibility index (Phi) is 2.04. The van der Waals surface area contributed by atoms with Gasteiger partial charge in [0.2, 0.25) is 0 Å². The fraction of sp³-hybridized carbons (Fsp3) is 0.909. The van der Waals surface area contributed by atoms with Crippen LogP contribution in [-0.2, 0) is 4.74 Å². The highest BCUT2D eigenvalue weighted by atomic mass is 16.5. The number of hydrogen-bond donors (Lipinski definition) is 2. The van der Waals surface area contributed by atoms with Crippen LogP contribution in [0.2, 0.25) is 0 Å². The largest absolute Gasteiger partial charge is 0.386 e. The Hall–Kier alpha value is -0.610. The van der Waals surface area contributed by atoms with Crippen molar-refractivity contribution in [2.45, 2.75) is 24.8 Å². The topological polar surface area (TPSA) is 62.3 Å². The molecule has 0 aromatic rings. The molecule has 3 fully saturated rings. The van der Waals surface area contributed by atoms with E-state index in [1.165, 1.54) is 19.3 Å². The third-order valence-corrected chi connectivity index (χ3v) is 4.50. The lowest BCUT2D eigenvalue weighted by Gasteiger charge is -2.36. The van der Waals surface area contributed by atoms with E-state index in [1.807, 2.05) is 0 Å². The van der Waals surface area contributed by atoms with E-state index in [9.17, 15) is 0 Å². The molecule has 0 aromatic heterocycles. The highest BCUT2D eigenvalue weighted by molar-refractivity contribution is 5.92. The van der Waals surface area contributed by atoms with Gasteiger partial charge in [0, 0.05) is 13.1 Å². The van der Waals surface area contributed by atoms with Crippen LogP contribution in [0.4, 0.5) is 0 Å². The summed E-state index contributed by atoms with van der Waals surface area (Å²) in [7, 11) is 0. The molecule has 15 heavy (non-hydrogen) atoms. The average Bonchev–Trinajstić information content (AvgIpc) is 2.65. The Morgan fingerprint density at radius 2 is 1.87 bits per heavy atom. The normalized spacial score (nSPS) is 45.1. The van der Waals surface area contributed by atoms with Gasteiger partial charge in [-0.2, -0.15) is 0 Å².